The van der Waals surface area contributed by atoms with E-state index < -0.39 is 5.97 Å². The molecule has 1 aromatic carbocycles. The third kappa shape index (κ3) is 6.56. The number of carboxylic acids is 1. The molecule has 0 aliphatic heterocycles. The summed E-state index contributed by atoms with van der Waals surface area (Å²) in [6.45, 7) is 7.20. The molecule has 3 rings (SSSR count). The van der Waals surface area contributed by atoms with Crippen molar-refractivity contribution in [3.8, 4) is 0 Å². The van der Waals surface area contributed by atoms with Crippen LogP contribution in [-0.4, -0.2) is 44.8 Å². The largest absolute Gasteiger partial charge is 0.481 e. The average molecular weight is 461 g/mol. The van der Waals surface area contributed by atoms with E-state index in [1.165, 1.54) is 6.20 Å². The molecule has 1 fully saturated rings. The van der Waals surface area contributed by atoms with Crippen LogP contribution in [0.3, 0.4) is 0 Å². The summed E-state index contributed by atoms with van der Waals surface area (Å²) in [6, 6.07) is 6.45. The molecule has 1 aliphatic carbocycles. The zero-order chi connectivity index (χ0) is 23.3. The molecule has 2 aromatic rings. The van der Waals surface area contributed by atoms with E-state index >= 15 is 0 Å². The fourth-order valence-corrected chi connectivity index (χ4v) is 4.41. The first-order valence-electron chi connectivity index (χ1n) is 11.3. The standard InChI is InChI=1S/C24H33ClN4O3/c1-15(2)14-29(18-5-7-19(30)8-6-18)21-9-4-17(16(3)10-24(31)32)11-20(21)28-23-13-26-22(25)12-27-23/h4,9,11-13,15-16,18-19,30H,5-8,10,14H2,1-3H3,(H,27,28)(H,31,32)/t16-,18-,19-/m1/s1. The fraction of sp³-hybridized carbons (Fsp3) is 0.542. The van der Waals surface area contributed by atoms with Crippen molar-refractivity contribution in [3.05, 3.63) is 41.3 Å². The Morgan fingerprint density at radius 2 is 1.91 bits per heavy atom. The van der Waals surface area contributed by atoms with Crippen molar-refractivity contribution in [2.45, 2.75) is 70.9 Å². The number of aliphatic carboxylic acids is 1. The normalized spacial score (nSPS) is 19.6. The van der Waals surface area contributed by atoms with E-state index in [-0.39, 0.29) is 18.4 Å². The summed E-state index contributed by atoms with van der Waals surface area (Å²) in [6.07, 6.45) is 6.41. The van der Waals surface area contributed by atoms with Gasteiger partial charge in [0.05, 0.1) is 36.3 Å². The average Bonchev–Trinajstić information content (AvgIpc) is 2.74. The number of aliphatic hydroxyl groups excluding tert-OH is 1. The van der Waals surface area contributed by atoms with Crippen molar-refractivity contribution < 1.29 is 15.0 Å². The van der Waals surface area contributed by atoms with Gasteiger partial charge < -0.3 is 20.4 Å². The molecule has 0 bridgehead atoms. The number of carbonyl (C=O) groups is 1. The van der Waals surface area contributed by atoms with Crippen LogP contribution in [-0.2, 0) is 4.79 Å². The first-order chi connectivity index (χ1) is 15.2. The monoisotopic (exact) mass is 460 g/mol. The van der Waals surface area contributed by atoms with Gasteiger partial charge in [0.2, 0.25) is 0 Å². The van der Waals surface area contributed by atoms with Crippen LogP contribution < -0.4 is 10.2 Å². The van der Waals surface area contributed by atoms with Crippen LogP contribution in [0.1, 0.15) is 64.4 Å². The molecule has 0 saturated heterocycles. The second kappa shape index (κ2) is 11.0. The number of benzene rings is 1. The minimum Gasteiger partial charge on any atom is -0.481 e. The Kier molecular flexibility index (Phi) is 8.32. The Hall–Kier alpha value is -2.38. The third-order valence-electron chi connectivity index (χ3n) is 5.93. The summed E-state index contributed by atoms with van der Waals surface area (Å²) < 4.78 is 0. The Balaban J connectivity index is 1.99. The summed E-state index contributed by atoms with van der Waals surface area (Å²) in [7, 11) is 0. The fourth-order valence-electron chi connectivity index (χ4n) is 4.31. The van der Waals surface area contributed by atoms with Gasteiger partial charge in [0, 0.05) is 12.6 Å². The number of rotatable bonds is 9. The molecular formula is C24H33ClN4O3. The lowest BCUT2D eigenvalue weighted by Crippen LogP contribution is -2.41. The molecule has 7 nitrogen and oxygen atoms in total. The summed E-state index contributed by atoms with van der Waals surface area (Å²) >= 11 is 5.90. The van der Waals surface area contributed by atoms with E-state index in [0.29, 0.717) is 22.9 Å². The Labute approximate surface area is 194 Å². The topological polar surface area (TPSA) is 98.6 Å². The van der Waals surface area contributed by atoms with Crippen molar-refractivity contribution in [3.63, 3.8) is 0 Å². The summed E-state index contributed by atoms with van der Waals surface area (Å²) in [5, 5.41) is 22.9. The molecule has 0 amide bonds. The van der Waals surface area contributed by atoms with Crippen LogP contribution in [0.25, 0.3) is 0 Å². The Morgan fingerprint density at radius 3 is 2.50 bits per heavy atom. The Morgan fingerprint density at radius 1 is 1.19 bits per heavy atom. The number of carboxylic acid groups (broad SMARTS) is 1. The van der Waals surface area contributed by atoms with E-state index in [1.54, 1.807) is 6.20 Å². The van der Waals surface area contributed by atoms with Crippen LogP contribution in [0.4, 0.5) is 17.2 Å². The van der Waals surface area contributed by atoms with Crippen molar-refractivity contribution >= 4 is 34.8 Å². The highest BCUT2D eigenvalue weighted by molar-refractivity contribution is 6.29. The van der Waals surface area contributed by atoms with E-state index in [2.05, 4.69) is 40.1 Å². The molecule has 0 unspecified atom stereocenters. The number of hydrogen-bond acceptors (Lipinski definition) is 6. The van der Waals surface area contributed by atoms with Gasteiger partial charge in [-0.3, -0.25) is 4.79 Å². The maximum absolute atomic E-state index is 11.2. The molecule has 0 spiro atoms. The highest BCUT2D eigenvalue weighted by Gasteiger charge is 2.27. The highest BCUT2D eigenvalue weighted by atomic mass is 35.5. The van der Waals surface area contributed by atoms with Crippen LogP contribution in [0, 0.1) is 5.92 Å². The maximum atomic E-state index is 11.2. The maximum Gasteiger partial charge on any atom is 0.303 e. The second-order valence-corrected chi connectivity index (χ2v) is 9.52. The lowest BCUT2D eigenvalue weighted by atomic mass is 9.90. The number of nitrogens with one attached hydrogen (secondary N) is 1. The predicted molar refractivity (Wildman–Crippen MR) is 128 cm³/mol. The number of anilines is 3. The Bertz CT molecular complexity index is 899. The highest BCUT2D eigenvalue weighted by Crippen LogP contribution is 2.37. The molecule has 0 radical (unpaired) electrons. The minimum absolute atomic E-state index is 0.0652. The number of nitrogens with zero attached hydrogens (tertiary/aromatic N) is 3. The second-order valence-electron chi connectivity index (χ2n) is 9.13. The zero-order valence-corrected chi connectivity index (χ0v) is 19.7. The van der Waals surface area contributed by atoms with Gasteiger partial charge in [-0.25, -0.2) is 9.97 Å². The number of hydrogen-bond donors (Lipinski definition) is 3. The van der Waals surface area contributed by atoms with Crippen molar-refractivity contribution in [1.29, 1.82) is 0 Å². The molecule has 174 valence electrons. The van der Waals surface area contributed by atoms with Gasteiger partial charge in [0.1, 0.15) is 11.0 Å². The SMILES string of the molecule is CC(C)CN(c1ccc([C@H](C)CC(=O)O)cc1Nc1cnc(Cl)cn1)[C@H]1CC[C@H](O)CC1. The van der Waals surface area contributed by atoms with Crippen molar-refractivity contribution in [2.75, 3.05) is 16.8 Å². The van der Waals surface area contributed by atoms with Crippen LogP contribution >= 0.6 is 11.6 Å². The van der Waals surface area contributed by atoms with Gasteiger partial charge in [-0.2, -0.15) is 0 Å². The molecule has 1 aliphatic rings. The molecule has 1 saturated carbocycles. The summed E-state index contributed by atoms with van der Waals surface area (Å²) in [4.78, 5) is 22.1. The van der Waals surface area contributed by atoms with Crippen molar-refractivity contribution in [2.24, 2.45) is 5.92 Å². The lowest BCUT2D eigenvalue weighted by molar-refractivity contribution is -0.137. The predicted octanol–water partition coefficient (Wildman–Crippen LogP) is 5.22. The first kappa shape index (κ1) is 24.3. The molecular weight excluding hydrogens is 428 g/mol. The number of aliphatic hydroxyl groups is 1. The van der Waals surface area contributed by atoms with Crippen molar-refractivity contribution in [1.82, 2.24) is 9.97 Å². The van der Waals surface area contributed by atoms with Gasteiger partial charge in [-0.1, -0.05) is 38.4 Å². The molecule has 1 heterocycles. The van der Waals surface area contributed by atoms with Gasteiger partial charge in [0.25, 0.3) is 0 Å². The molecule has 1 aromatic heterocycles. The van der Waals surface area contributed by atoms with Crippen LogP contribution in [0.5, 0.6) is 0 Å². The quantitative estimate of drug-likeness (QED) is 0.472. The van der Waals surface area contributed by atoms with E-state index in [9.17, 15) is 15.0 Å². The summed E-state index contributed by atoms with van der Waals surface area (Å²) in [5.74, 6) is 0.0847. The van der Waals surface area contributed by atoms with E-state index in [1.807, 2.05) is 19.1 Å². The van der Waals surface area contributed by atoms with Gasteiger partial charge in [-0.15, -0.1) is 0 Å². The summed E-state index contributed by atoms with van der Waals surface area (Å²) in [5.41, 5.74) is 2.86. The zero-order valence-electron chi connectivity index (χ0n) is 19.0. The van der Waals surface area contributed by atoms with Crippen LogP contribution in [0.2, 0.25) is 5.15 Å². The lowest BCUT2D eigenvalue weighted by Gasteiger charge is -2.39. The first-order valence-corrected chi connectivity index (χ1v) is 11.7. The number of halogens is 1. The van der Waals surface area contributed by atoms with Gasteiger partial charge in [0.15, 0.2) is 0 Å². The van der Waals surface area contributed by atoms with Crippen LogP contribution in [0.15, 0.2) is 30.6 Å². The van der Waals surface area contributed by atoms with Gasteiger partial charge in [-0.05, 0) is 55.2 Å². The van der Waals surface area contributed by atoms with E-state index in [0.717, 1.165) is 49.2 Å². The molecule has 1 atom stereocenters. The number of aromatic nitrogens is 2. The molecule has 32 heavy (non-hydrogen) atoms. The molecule has 3 N–H and O–H groups in total. The smallest absolute Gasteiger partial charge is 0.303 e. The molecule has 8 heteroatoms. The third-order valence-corrected chi connectivity index (χ3v) is 6.13. The van der Waals surface area contributed by atoms with E-state index in [4.69, 9.17) is 11.6 Å². The van der Waals surface area contributed by atoms with Gasteiger partial charge >= 0.3 is 5.97 Å². The minimum atomic E-state index is -0.818.